The molecule has 0 aromatic rings. The zero-order valence-corrected chi connectivity index (χ0v) is 7.88. The van der Waals surface area contributed by atoms with Crippen molar-refractivity contribution in [3.8, 4) is 0 Å². The minimum atomic E-state index is -0.518. The molecule has 13 heavy (non-hydrogen) atoms. The Morgan fingerprint density at radius 2 is 2.00 bits per heavy atom. The molecule has 76 valence electrons. The van der Waals surface area contributed by atoms with Gasteiger partial charge < -0.3 is 16.8 Å². The van der Waals surface area contributed by atoms with Gasteiger partial charge in [0.2, 0.25) is 0 Å². The smallest absolute Gasteiger partial charge is 0.312 e. The van der Waals surface area contributed by atoms with Crippen LogP contribution in [-0.4, -0.2) is 24.4 Å². The molecule has 0 saturated heterocycles. The third-order valence-electron chi connectivity index (χ3n) is 1.76. The Kier molecular flexibility index (Phi) is 5.88. The van der Waals surface area contributed by atoms with Gasteiger partial charge in [-0.15, -0.1) is 0 Å². The van der Waals surface area contributed by atoms with E-state index in [1.165, 1.54) is 6.92 Å². The number of carbonyl (C=O) groups is 2. The van der Waals surface area contributed by atoms with Crippen LogP contribution < -0.4 is 16.8 Å². The molecule has 0 fully saturated rings. The third-order valence-corrected chi connectivity index (χ3v) is 1.76. The van der Waals surface area contributed by atoms with Gasteiger partial charge >= 0.3 is 6.03 Å². The van der Waals surface area contributed by atoms with Crippen molar-refractivity contribution in [1.82, 2.24) is 5.32 Å². The van der Waals surface area contributed by atoms with Crippen molar-refractivity contribution in [1.29, 1.82) is 0 Å². The molecule has 5 N–H and O–H groups in total. The molecule has 0 unspecified atom stereocenters. The minimum absolute atomic E-state index is 0.00265. The molecule has 0 rings (SSSR count). The normalized spacial score (nSPS) is 12.2. The SMILES string of the molecule is CC(=O)[C@@H](N)CCCCNC(N)=O. The fourth-order valence-electron chi connectivity index (χ4n) is 0.904. The quantitative estimate of drug-likeness (QED) is 0.500. The van der Waals surface area contributed by atoms with Gasteiger partial charge in [0.05, 0.1) is 6.04 Å². The molecule has 5 nitrogen and oxygen atoms in total. The third kappa shape index (κ3) is 7.27. The van der Waals surface area contributed by atoms with E-state index >= 15 is 0 Å². The predicted octanol–water partition coefficient (Wildman–Crippen LogP) is -0.259. The lowest BCUT2D eigenvalue weighted by Crippen LogP contribution is -2.31. The van der Waals surface area contributed by atoms with E-state index in [1.54, 1.807) is 0 Å². The van der Waals surface area contributed by atoms with Crippen LogP contribution in [0.1, 0.15) is 26.2 Å². The molecule has 0 saturated carbocycles. The number of primary amides is 1. The summed E-state index contributed by atoms with van der Waals surface area (Å²) in [7, 11) is 0. The lowest BCUT2D eigenvalue weighted by Gasteiger charge is -2.06. The summed E-state index contributed by atoms with van der Waals surface area (Å²) in [5.41, 5.74) is 10.4. The van der Waals surface area contributed by atoms with Gasteiger partial charge in [0.1, 0.15) is 5.78 Å². The van der Waals surface area contributed by atoms with Gasteiger partial charge in [-0.2, -0.15) is 0 Å². The summed E-state index contributed by atoms with van der Waals surface area (Å²) in [6.45, 7) is 2.02. The van der Waals surface area contributed by atoms with Gasteiger partial charge in [-0.25, -0.2) is 4.79 Å². The van der Waals surface area contributed by atoms with Crippen LogP contribution >= 0.6 is 0 Å². The molecule has 1 atom stereocenters. The lowest BCUT2D eigenvalue weighted by atomic mass is 10.1. The molecule has 0 aliphatic rings. The molecule has 2 amide bonds. The first kappa shape index (κ1) is 11.9. The van der Waals surface area contributed by atoms with E-state index in [0.717, 1.165) is 12.8 Å². The largest absolute Gasteiger partial charge is 0.352 e. The van der Waals surface area contributed by atoms with Gasteiger partial charge in [0.25, 0.3) is 0 Å². The second kappa shape index (κ2) is 6.42. The number of Topliss-reactive ketones (excluding diaryl/α,β-unsaturated/α-hetero) is 1. The molecule has 0 heterocycles. The van der Waals surface area contributed by atoms with Crippen molar-refractivity contribution >= 4 is 11.8 Å². The molecule has 0 aliphatic carbocycles. The minimum Gasteiger partial charge on any atom is -0.352 e. The maximum Gasteiger partial charge on any atom is 0.312 e. The standard InChI is InChI=1S/C8H17N3O2/c1-6(12)7(9)4-2-3-5-11-8(10)13/h7H,2-5,9H2,1H3,(H3,10,11,13)/t7-/m0/s1. The summed E-state index contributed by atoms with van der Waals surface area (Å²) >= 11 is 0. The molecule has 0 aromatic carbocycles. The highest BCUT2D eigenvalue weighted by molar-refractivity contribution is 5.81. The Morgan fingerprint density at radius 1 is 1.38 bits per heavy atom. The van der Waals surface area contributed by atoms with Gasteiger partial charge in [-0.05, 0) is 26.2 Å². The number of urea groups is 1. The van der Waals surface area contributed by atoms with Crippen molar-refractivity contribution in [2.75, 3.05) is 6.54 Å². The summed E-state index contributed by atoms with van der Waals surface area (Å²) in [4.78, 5) is 20.9. The summed E-state index contributed by atoms with van der Waals surface area (Å²) in [6.07, 6.45) is 2.28. The van der Waals surface area contributed by atoms with Gasteiger partial charge in [0, 0.05) is 6.54 Å². The first-order valence-electron chi connectivity index (χ1n) is 4.33. The summed E-state index contributed by atoms with van der Waals surface area (Å²) < 4.78 is 0. The van der Waals surface area contributed by atoms with Gasteiger partial charge in [-0.3, -0.25) is 4.79 Å². The highest BCUT2D eigenvalue weighted by Crippen LogP contribution is 1.98. The van der Waals surface area contributed by atoms with Gasteiger partial charge in [-0.1, -0.05) is 0 Å². The second-order valence-corrected chi connectivity index (χ2v) is 3.00. The zero-order chi connectivity index (χ0) is 10.3. The fourth-order valence-corrected chi connectivity index (χ4v) is 0.904. The van der Waals surface area contributed by atoms with E-state index in [-0.39, 0.29) is 11.8 Å². The Labute approximate surface area is 77.8 Å². The average Bonchev–Trinajstić information content (AvgIpc) is 2.02. The fraction of sp³-hybridized carbons (Fsp3) is 0.750. The van der Waals surface area contributed by atoms with Crippen LogP contribution in [0.2, 0.25) is 0 Å². The van der Waals surface area contributed by atoms with Crippen LogP contribution in [0.25, 0.3) is 0 Å². The molecule has 0 spiro atoms. The number of nitrogens with one attached hydrogen (secondary N) is 1. The molecule has 0 radical (unpaired) electrons. The van der Waals surface area contributed by atoms with Crippen molar-refractivity contribution in [2.45, 2.75) is 32.2 Å². The highest BCUT2D eigenvalue weighted by Gasteiger charge is 2.06. The number of hydrogen-bond acceptors (Lipinski definition) is 3. The van der Waals surface area contributed by atoms with Gasteiger partial charge in [0.15, 0.2) is 0 Å². The number of carbonyl (C=O) groups excluding carboxylic acids is 2. The van der Waals surface area contributed by atoms with Crippen LogP contribution in [-0.2, 0) is 4.79 Å². The Balaban J connectivity index is 3.26. The molecular weight excluding hydrogens is 170 g/mol. The van der Waals surface area contributed by atoms with Crippen LogP contribution in [0.4, 0.5) is 4.79 Å². The zero-order valence-electron chi connectivity index (χ0n) is 7.88. The molecule has 0 aliphatic heterocycles. The number of nitrogens with two attached hydrogens (primary N) is 2. The topological polar surface area (TPSA) is 98.2 Å². The predicted molar refractivity (Wildman–Crippen MR) is 50.1 cm³/mol. The van der Waals surface area contributed by atoms with Crippen LogP contribution in [0.3, 0.4) is 0 Å². The monoisotopic (exact) mass is 187 g/mol. The maximum absolute atomic E-state index is 10.7. The average molecular weight is 187 g/mol. The van der Waals surface area contributed by atoms with E-state index in [0.29, 0.717) is 13.0 Å². The van der Waals surface area contributed by atoms with Crippen molar-refractivity contribution in [3.05, 3.63) is 0 Å². The number of ketones is 1. The number of hydrogen-bond donors (Lipinski definition) is 3. The van der Waals surface area contributed by atoms with Crippen LogP contribution in [0.15, 0.2) is 0 Å². The van der Waals surface area contributed by atoms with Crippen molar-refractivity contribution < 1.29 is 9.59 Å². The summed E-state index contributed by atoms with van der Waals surface area (Å²) in [6, 6.07) is -0.885. The Hall–Kier alpha value is -1.10. The molecular formula is C8H17N3O2. The van der Waals surface area contributed by atoms with Crippen LogP contribution in [0, 0.1) is 0 Å². The highest BCUT2D eigenvalue weighted by atomic mass is 16.2. The van der Waals surface area contributed by atoms with E-state index in [2.05, 4.69) is 5.32 Å². The van der Waals surface area contributed by atoms with E-state index in [9.17, 15) is 9.59 Å². The lowest BCUT2D eigenvalue weighted by molar-refractivity contribution is -0.118. The van der Waals surface area contributed by atoms with E-state index < -0.39 is 6.03 Å². The molecule has 0 aromatic heterocycles. The van der Waals surface area contributed by atoms with Crippen molar-refractivity contribution in [3.63, 3.8) is 0 Å². The van der Waals surface area contributed by atoms with Crippen LogP contribution in [0.5, 0.6) is 0 Å². The Morgan fingerprint density at radius 3 is 2.46 bits per heavy atom. The summed E-state index contributed by atoms with van der Waals surface area (Å²) in [5.74, 6) is 0.00265. The first-order valence-corrected chi connectivity index (χ1v) is 4.33. The maximum atomic E-state index is 10.7. The number of unbranched alkanes of at least 4 members (excludes halogenated alkanes) is 1. The second-order valence-electron chi connectivity index (χ2n) is 3.00. The molecule has 5 heteroatoms. The number of amides is 2. The Bertz CT molecular complexity index is 182. The van der Waals surface area contributed by atoms with Crippen molar-refractivity contribution in [2.24, 2.45) is 11.5 Å². The molecule has 0 bridgehead atoms. The summed E-state index contributed by atoms with van der Waals surface area (Å²) in [5, 5.41) is 2.46. The van der Waals surface area contributed by atoms with E-state index in [1.807, 2.05) is 0 Å². The number of rotatable bonds is 6. The van der Waals surface area contributed by atoms with E-state index in [4.69, 9.17) is 11.5 Å². The first-order chi connectivity index (χ1) is 6.04.